The van der Waals surface area contributed by atoms with E-state index in [0.717, 1.165) is 24.7 Å². The number of fused-ring (bicyclic) bond motifs is 3. The minimum absolute atomic E-state index is 0.0199. The smallest absolute Gasteiger partial charge is 0.225 e. The quantitative estimate of drug-likeness (QED) is 0.418. The van der Waals surface area contributed by atoms with Crippen LogP contribution in [0.15, 0.2) is 30.5 Å². The Balaban J connectivity index is 0.000000328. The molecule has 2 aliphatic carbocycles. The molecule has 1 saturated heterocycles. The van der Waals surface area contributed by atoms with Crippen LogP contribution in [0.1, 0.15) is 30.9 Å². The van der Waals surface area contributed by atoms with Gasteiger partial charge in [0.05, 0.1) is 30.3 Å². The van der Waals surface area contributed by atoms with Gasteiger partial charge in [0.15, 0.2) is 5.82 Å². The lowest BCUT2D eigenvalue weighted by atomic mass is 9.96. The molecule has 2 unspecified atom stereocenters. The molecular weight excluding hydrogens is 450 g/mol. The molecule has 2 N–H and O–H groups in total. The molecule has 0 spiro atoms. The van der Waals surface area contributed by atoms with Gasteiger partial charge in [-0.05, 0) is 67.8 Å². The molecular formula is C27H24F2N4O2. The number of nitrogens with one attached hydrogen (secondary N) is 1. The number of hydrogen-bond acceptors (Lipinski definition) is 5. The molecule has 3 aliphatic rings. The molecule has 3 fully saturated rings. The predicted molar refractivity (Wildman–Crippen MR) is 129 cm³/mol. The maximum Gasteiger partial charge on any atom is 0.225 e. The molecule has 3 heterocycles. The van der Waals surface area contributed by atoms with E-state index in [4.69, 9.17) is 11.2 Å². The van der Waals surface area contributed by atoms with Gasteiger partial charge in [0.1, 0.15) is 22.8 Å². The number of aromatic nitrogens is 3. The van der Waals surface area contributed by atoms with Crippen molar-refractivity contribution in [3.05, 3.63) is 47.7 Å². The first kappa shape index (κ1) is 21.8. The van der Waals surface area contributed by atoms with Crippen molar-refractivity contribution in [3.8, 4) is 35.2 Å². The van der Waals surface area contributed by atoms with E-state index in [2.05, 4.69) is 21.3 Å². The van der Waals surface area contributed by atoms with Crippen LogP contribution >= 0.6 is 0 Å². The Kier molecular flexibility index (Phi) is 5.11. The molecule has 178 valence electrons. The largest absolute Gasteiger partial charge is 0.508 e. The summed E-state index contributed by atoms with van der Waals surface area (Å²) in [5, 5.41) is 19.1. The van der Waals surface area contributed by atoms with Crippen LogP contribution in [0.2, 0.25) is 0 Å². The van der Waals surface area contributed by atoms with Crippen molar-refractivity contribution in [1.82, 2.24) is 20.1 Å². The highest BCUT2D eigenvalue weighted by Crippen LogP contribution is 2.43. The van der Waals surface area contributed by atoms with Gasteiger partial charge in [-0.3, -0.25) is 4.68 Å². The van der Waals surface area contributed by atoms with Crippen molar-refractivity contribution in [3.63, 3.8) is 0 Å². The third-order valence-electron chi connectivity index (χ3n) is 7.07. The van der Waals surface area contributed by atoms with Gasteiger partial charge in [0.25, 0.3) is 0 Å². The lowest BCUT2D eigenvalue weighted by molar-refractivity contribution is 0.402. The van der Waals surface area contributed by atoms with Gasteiger partial charge in [0, 0.05) is 10.9 Å². The topological polar surface area (TPSA) is 72.2 Å². The summed E-state index contributed by atoms with van der Waals surface area (Å²) in [6, 6.07) is 5.60. The van der Waals surface area contributed by atoms with Crippen LogP contribution in [0.4, 0.5) is 8.78 Å². The fourth-order valence-electron chi connectivity index (χ4n) is 5.01. The van der Waals surface area contributed by atoms with Crippen molar-refractivity contribution < 1.29 is 18.6 Å². The van der Waals surface area contributed by atoms with Crippen LogP contribution in [-0.2, 0) is 0 Å². The Morgan fingerprint density at radius 3 is 2.57 bits per heavy atom. The number of ether oxygens (including phenoxy) is 1. The number of methoxy groups -OCH3 is 1. The summed E-state index contributed by atoms with van der Waals surface area (Å²) in [6.45, 7) is 2.62. The SMILES string of the molecule is C#Cc1c(F)ccc2cc(O)cc(-c3nc(OC)c4cnn(C5CC5)c4c3F)c12.C1NCC2CC12. The van der Waals surface area contributed by atoms with Gasteiger partial charge >= 0.3 is 0 Å². The van der Waals surface area contributed by atoms with Crippen LogP contribution < -0.4 is 10.1 Å². The predicted octanol–water partition coefficient (Wildman–Crippen LogP) is 4.79. The summed E-state index contributed by atoms with van der Waals surface area (Å²) >= 11 is 0. The van der Waals surface area contributed by atoms with Crippen LogP contribution in [-0.4, -0.2) is 40.1 Å². The molecule has 1 aliphatic heterocycles. The minimum Gasteiger partial charge on any atom is -0.508 e. The van der Waals surface area contributed by atoms with E-state index in [-0.39, 0.29) is 40.0 Å². The maximum atomic E-state index is 15.7. The number of nitrogens with zero attached hydrogens (tertiary/aromatic N) is 3. The molecule has 4 aromatic rings. The van der Waals surface area contributed by atoms with E-state index in [0.29, 0.717) is 16.2 Å². The second-order valence-corrected chi connectivity index (χ2v) is 9.44. The molecule has 35 heavy (non-hydrogen) atoms. The molecule has 0 bridgehead atoms. The Hall–Kier alpha value is -3.70. The second kappa shape index (κ2) is 8.21. The number of aromatic hydroxyl groups is 1. The highest BCUT2D eigenvalue weighted by Gasteiger charge is 2.40. The Labute approximate surface area is 200 Å². The van der Waals surface area contributed by atoms with Gasteiger partial charge in [-0.15, -0.1) is 6.42 Å². The first-order valence-corrected chi connectivity index (χ1v) is 11.7. The van der Waals surface area contributed by atoms with E-state index >= 15 is 4.39 Å². The maximum absolute atomic E-state index is 15.7. The number of hydrogen-bond donors (Lipinski definition) is 2. The van der Waals surface area contributed by atoms with Crippen molar-refractivity contribution in [2.45, 2.75) is 25.3 Å². The Morgan fingerprint density at radius 1 is 1.20 bits per heavy atom. The summed E-state index contributed by atoms with van der Waals surface area (Å²) in [4.78, 5) is 4.33. The van der Waals surface area contributed by atoms with Crippen LogP contribution in [0.5, 0.6) is 11.6 Å². The van der Waals surface area contributed by atoms with Gasteiger partial charge < -0.3 is 15.2 Å². The van der Waals surface area contributed by atoms with Gasteiger partial charge in [-0.2, -0.15) is 5.10 Å². The monoisotopic (exact) mass is 474 g/mol. The highest BCUT2D eigenvalue weighted by atomic mass is 19.1. The van der Waals surface area contributed by atoms with Crippen molar-refractivity contribution in [2.24, 2.45) is 11.8 Å². The Bertz CT molecular complexity index is 1510. The third-order valence-corrected chi connectivity index (χ3v) is 7.07. The van der Waals surface area contributed by atoms with Gasteiger partial charge in [-0.25, -0.2) is 13.8 Å². The van der Waals surface area contributed by atoms with Gasteiger partial charge in [-0.1, -0.05) is 12.0 Å². The summed E-state index contributed by atoms with van der Waals surface area (Å²) in [6.07, 6.45) is 10.4. The van der Waals surface area contributed by atoms with E-state index in [9.17, 15) is 9.50 Å². The van der Waals surface area contributed by atoms with Crippen molar-refractivity contribution >= 4 is 21.7 Å². The lowest BCUT2D eigenvalue weighted by Crippen LogP contribution is -2.10. The molecule has 0 amide bonds. The minimum atomic E-state index is -0.621. The number of phenols is 1. The molecule has 2 aromatic carbocycles. The number of halogens is 2. The zero-order valence-electron chi connectivity index (χ0n) is 19.2. The summed E-state index contributed by atoms with van der Waals surface area (Å²) in [5.74, 6) is 3.39. The first-order valence-electron chi connectivity index (χ1n) is 11.7. The molecule has 2 atom stereocenters. The zero-order chi connectivity index (χ0) is 24.3. The first-order chi connectivity index (χ1) is 17.0. The second-order valence-electron chi connectivity index (χ2n) is 9.44. The van der Waals surface area contributed by atoms with Crippen LogP contribution in [0.25, 0.3) is 32.9 Å². The van der Waals surface area contributed by atoms with Crippen molar-refractivity contribution in [1.29, 1.82) is 0 Å². The molecule has 2 saturated carbocycles. The normalized spacial score (nSPS) is 20.3. The van der Waals surface area contributed by atoms with E-state index < -0.39 is 11.6 Å². The summed E-state index contributed by atoms with van der Waals surface area (Å²) < 4.78 is 37.1. The van der Waals surface area contributed by atoms with Gasteiger partial charge in [0.2, 0.25) is 5.88 Å². The molecule has 8 heteroatoms. The number of benzene rings is 2. The lowest BCUT2D eigenvalue weighted by Gasteiger charge is -2.13. The van der Waals surface area contributed by atoms with E-state index in [1.54, 1.807) is 4.68 Å². The number of pyridine rings is 1. The number of rotatable bonds is 3. The summed E-state index contributed by atoms with van der Waals surface area (Å²) in [5.41, 5.74) is 0.353. The average Bonchev–Trinajstić information content (AvgIpc) is 3.76. The number of terminal acetylenes is 1. The molecule has 0 radical (unpaired) electrons. The average molecular weight is 475 g/mol. The van der Waals surface area contributed by atoms with E-state index in [1.165, 1.54) is 57.1 Å². The fourth-order valence-corrected chi connectivity index (χ4v) is 5.01. The fraction of sp³-hybridized carbons (Fsp3) is 0.333. The highest BCUT2D eigenvalue weighted by molar-refractivity contribution is 6.02. The molecule has 7 rings (SSSR count). The Morgan fingerprint density at radius 2 is 1.97 bits per heavy atom. The van der Waals surface area contributed by atoms with Crippen LogP contribution in [0, 0.1) is 35.8 Å². The number of phenolic OH excluding ortho intramolecular Hbond substituents is 1. The standard InChI is InChI=1S/C22H15F2N3O2.C5H9N/c1-3-14-17(23)7-4-11-8-13(28)9-15(18(11)14)20-19(24)21-16(22(26-20)29-2)10-25-27(21)12-5-6-12;1-4-2-6-3-5(1)4/h1,4,7-10,12,28H,5-6H2,2H3;4-6H,1-3H2. The number of piperidine rings is 1. The summed E-state index contributed by atoms with van der Waals surface area (Å²) in [7, 11) is 1.44. The third kappa shape index (κ3) is 3.67. The van der Waals surface area contributed by atoms with E-state index in [1.807, 2.05) is 0 Å². The molecule has 2 aromatic heterocycles. The van der Waals surface area contributed by atoms with Crippen LogP contribution in [0.3, 0.4) is 0 Å². The molecule has 6 nitrogen and oxygen atoms in total. The van der Waals surface area contributed by atoms with Crippen molar-refractivity contribution in [2.75, 3.05) is 20.2 Å². The zero-order valence-corrected chi connectivity index (χ0v) is 19.2.